The van der Waals surface area contributed by atoms with Crippen LogP contribution in [0, 0.1) is 27.7 Å². The molecule has 2 aliphatic carbocycles. The minimum atomic E-state index is -0.414. The van der Waals surface area contributed by atoms with Gasteiger partial charge in [-0.1, -0.05) is 81.3 Å². The highest BCUT2D eigenvalue weighted by Gasteiger charge is 2.37. The van der Waals surface area contributed by atoms with Gasteiger partial charge in [-0.25, -0.2) is 9.59 Å². The molecule has 0 fully saturated rings. The van der Waals surface area contributed by atoms with Crippen LogP contribution in [0.3, 0.4) is 0 Å². The van der Waals surface area contributed by atoms with Gasteiger partial charge in [-0.15, -0.1) is 0 Å². The van der Waals surface area contributed by atoms with E-state index in [0.29, 0.717) is 48.2 Å². The minimum Gasteiger partial charge on any atom is -0.506 e. The molecule has 2 aliphatic rings. The lowest BCUT2D eigenvalue weighted by atomic mass is 9.80. The van der Waals surface area contributed by atoms with Gasteiger partial charge < -0.3 is 19.5 Å². The SMILES string of the molecule is C=C(C)C(=O)OC(CCC)CN(c1ccc(C2=C(O)C(=C3C=CC(=[N+](CC(CCC)OC(=O)C(=C)C)c4ccc(C)cc4C)C=C3)C2=O)cc1)c1ccc(C)cc1C. The maximum atomic E-state index is 13.8. The summed E-state index contributed by atoms with van der Waals surface area (Å²) in [6, 6.07) is 20.1. The van der Waals surface area contributed by atoms with Crippen molar-refractivity contribution in [1.82, 2.24) is 0 Å². The van der Waals surface area contributed by atoms with Crippen LogP contribution in [0.15, 0.2) is 126 Å². The summed E-state index contributed by atoms with van der Waals surface area (Å²) in [5.74, 6) is -1.11. The highest BCUT2D eigenvalue weighted by Crippen LogP contribution is 2.40. The third-order valence-electron chi connectivity index (χ3n) is 10.4. The first kappa shape index (κ1) is 43.1. The van der Waals surface area contributed by atoms with Gasteiger partial charge in [0.1, 0.15) is 11.9 Å². The molecule has 0 heterocycles. The average molecular weight is 782 g/mol. The standard InChI is InChI=1S/C50H56N2O6/c1-11-13-41(57-49(55)31(3)4)29-51(43-25-15-33(7)27-35(43)9)39-21-17-37(18-22-39)45-47(53)46(48(45)54)38-19-23-40(24-20-38)52(44-26-16-34(8)28-36(44)10)30-42(14-12-2)58-50(56)32(5)6/h15-28,41-42H,3,5,11-14,29-30H2,1-2,4,6-10H3/p+1. The van der Waals surface area contributed by atoms with Crippen molar-refractivity contribution < 1.29 is 33.5 Å². The van der Waals surface area contributed by atoms with Crippen LogP contribution in [0.4, 0.5) is 17.1 Å². The lowest BCUT2D eigenvalue weighted by Crippen LogP contribution is -2.33. The van der Waals surface area contributed by atoms with Crippen LogP contribution >= 0.6 is 0 Å². The molecule has 0 bridgehead atoms. The number of anilines is 2. The molecule has 0 aliphatic heterocycles. The second-order valence-electron chi connectivity index (χ2n) is 15.5. The second kappa shape index (κ2) is 18.9. The highest BCUT2D eigenvalue weighted by atomic mass is 16.5. The first-order valence-electron chi connectivity index (χ1n) is 20.1. The number of nitrogens with zero attached hydrogens (tertiary/aromatic N) is 2. The predicted molar refractivity (Wildman–Crippen MR) is 234 cm³/mol. The molecule has 8 nitrogen and oxygen atoms in total. The van der Waals surface area contributed by atoms with E-state index in [2.05, 4.69) is 101 Å². The number of aliphatic hydroxyl groups is 1. The van der Waals surface area contributed by atoms with Crippen LogP contribution in [-0.2, 0) is 23.9 Å². The van der Waals surface area contributed by atoms with Crippen molar-refractivity contribution in [3.63, 3.8) is 0 Å². The van der Waals surface area contributed by atoms with Gasteiger partial charge in [-0.2, -0.15) is 4.58 Å². The van der Waals surface area contributed by atoms with Gasteiger partial charge in [0.15, 0.2) is 12.6 Å². The third-order valence-corrected chi connectivity index (χ3v) is 10.4. The summed E-state index contributed by atoms with van der Waals surface area (Å²) in [6.45, 7) is 24.0. The van der Waals surface area contributed by atoms with Crippen molar-refractivity contribution in [2.24, 2.45) is 0 Å². The van der Waals surface area contributed by atoms with Crippen molar-refractivity contribution in [1.29, 1.82) is 0 Å². The number of aryl methyl sites for hydroxylation is 4. The number of hydrogen-bond acceptors (Lipinski definition) is 7. The zero-order chi connectivity index (χ0) is 42.3. The van der Waals surface area contributed by atoms with Gasteiger partial charge in [0, 0.05) is 46.3 Å². The summed E-state index contributed by atoms with van der Waals surface area (Å²) in [4.78, 5) is 41.0. The number of allylic oxidation sites excluding steroid dienone is 7. The molecule has 0 aromatic heterocycles. The first-order chi connectivity index (χ1) is 27.6. The van der Waals surface area contributed by atoms with Crippen molar-refractivity contribution in [2.45, 2.75) is 93.3 Å². The van der Waals surface area contributed by atoms with E-state index < -0.39 is 11.9 Å². The second-order valence-corrected chi connectivity index (χ2v) is 15.5. The Morgan fingerprint density at radius 2 is 1.29 bits per heavy atom. The zero-order valence-corrected chi connectivity index (χ0v) is 35.3. The normalized spacial score (nSPS) is 14.6. The maximum Gasteiger partial charge on any atom is 0.333 e. The average Bonchev–Trinajstić information content (AvgIpc) is 3.17. The number of aliphatic hydroxyl groups excluding tert-OH is 1. The molecular weight excluding hydrogens is 725 g/mol. The molecule has 1 N–H and O–H groups in total. The Bertz CT molecular complexity index is 2270. The van der Waals surface area contributed by atoms with E-state index in [0.717, 1.165) is 57.9 Å². The Kier molecular flexibility index (Phi) is 14.1. The Hall–Kier alpha value is -6.02. The Morgan fingerprint density at radius 3 is 1.83 bits per heavy atom. The molecular formula is C50H57N2O6+. The van der Waals surface area contributed by atoms with Gasteiger partial charge in [-0.3, -0.25) is 4.79 Å². The fourth-order valence-corrected chi connectivity index (χ4v) is 7.39. The van der Waals surface area contributed by atoms with E-state index >= 15 is 0 Å². The molecule has 0 saturated carbocycles. The van der Waals surface area contributed by atoms with E-state index in [-0.39, 0.29) is 34.9 Å². The molecule has 0 amide bonds. The summed E-state index contributed by atoms with van der Waals surface area (Å²) in [5, 5.41) is 11.4. The molecule has 302 valence electrons. The van der Waals surface area contributed by atoms with Crippen LogP contribution in [0.2, 0.25) is 0 Å². The van der Waals surface area contributed by atoms with Crippen molar-refractivity contribution >= 4 is 46.1 Å². The summed E-state index contributed by atoms with van der Waals surface area (Å²) in [6.07, 6.45) is 9.84. The topological polar surface area (TPSA) is 96.1 Å². The zero-order valence-electron chi connectivity index (χ0n) is 35.3. The van der Waals surface area contributed by atoms with Gasteiger partial charge >= 0.3 is 11.9 Å². The molecule has 2 unspecified atom stereocenters. The molecule has 3 aromatic rings. The smallest absolute Gasteiger partial charge is 0.333 e. The van der Waals surface area contributed by atoms with Crippen LogP contribution in [0.5, 0.6) is 0 Å². The van der Waals surface area contributed by atoms with E-state index in [9.17, 15) is 19.5 Å². The molecule has 58 heavy (non-hydrogen) atoms. The van der Waals surface area contributed by atoms with Crippen LogP contribution in [0.25, 0.3) is 5.57 Å². The fraction of sp³-hybridized carbons (Fsp3) is 0.320. The monoisotopic (exact) mass is 781 g/mol. The molecule has 5 rings (SSSR count). The molecule has 0 spiro atoms. The van der Waals surface area contributed by atoms with Crippen LogP contribution in [0.1, 0.15) is 81.2 Å². The lowest BCUT2D eigenvalue weighted by molar-refractivity contribution is -0.451. The predicted octanol–water partition coefficient (Wildman–Crippen LogP) is 10.7. The van der Waals surface area contributed by atoms with E-state index in [1.54, 1.807) is 13.8 Å². The van der Waals surface area contributed by atoms with Gasteiger partial charge in [-0.05, 0) is 108 Å². The summed E-state index contributed by atoms with van der Waals surface area (Å²) in [5.41, 5.74) is 10.6. The van der Waals surface area contributed by atoms with Gasteiger partial charge in [0.25, 0.3) is 0 Å². The lowest BCUT2D eigenvalue weighted by Gasteiger charge is -2.31. The number of benzene rings is 3. The summed E-state index contributed by atoms with van der Waals surface area (Å²) in [7, 11) is 0. The Morgan fingerprint density at radius 1 is 0.741 bits per heavy atom. The van der Waals surface area contributed by atoms with E-state index in [1.807, 2.05) is 48.6 Å². The number of esters is 2. The fourth-order valence-electron chi connectivity index (χ4n) is 7.39. The number of carbonyl (C=O) groups is 3. The molecule has 8 heteroatoms. The van der Waals surface area contributed by atoms with E-state index in [4.69, 9.17) is 9.47 Å². The number of rotatable bonds is 16. The number of Topliss-reactive ketones (excluding diaryl/α,β-unsaturated/α-hetero) is 1. The van der Waals surface area contributed by atoms with Crippen molar-refractivity contribution in [3.05, 3.63) is 154 Å². The minimum absolute atomic E-state index is 0.0487. The Labute approximate surface area is 343 Å². The van der Waals surface area contributed by atoms with Gasteiger partial charge in [0.05, 0.1) is 17.7 Å². The molecule has 2 atom stereocenters. The number of ether oxygens (including phenoxy) is 2. The van der Waals surface area contributed by atoms with Crippen LogP contribution < -0.4 is 4.90 Å². The van der Waals surface area contributed by atoms with Gasteiger partial charge in [0.2, 0.25) is 17.2 Å². The van der Waals surface area contributed by atoms with Crippen LogP contribution in [-0.4, -0.2) is 58.4 Å². The molecule has 0 radical (unpaired) electrons. The first-order valence-corrected chi connectivity index (χ1v) is 20.1. The molecule has 3 aromatic carbocycles. The van der Waals surface area contributed by atoms with Crippen molar-refractivity contribution in [2.75, 3.05) is 18.0 Å². The van der Waals surface area contributed by atoms with E-state index in [1.165, 1.54) is 0 Å². The number of hydrogen-bond donors (Lipinski definition) is 1. The number of carbonyl (C=O) groups excluding carboxylic acids is 3. The number of ketones is 1. The van der Waals surface area contributed by atoms with Crippen molar-refractivity contribution in [3.8, 4) is 0 Å². The quantitative estimate of drug-likeness (QED) is 0.0878. The maximum absolute atomic E-state index is 13.8. The third kappa shape index (κ3) is 9.91. The summed E-state index contributed by atoms with van der Waals surface area (Å²) < 4.78 is 13.9. The molecule has 0 saturated heterocycles. The summed E-state index contributed by atoms with van der Waals surface area (Å²) >= 11 is 0. The largest absolute Gasteiger partial charge is 0.506 e. The highest BCUT2D eigenvalue weighted by molar-refractivity contribution is 6.39. The Balaban J connectivity index is 1.46.